The summed E-state index contributed by atoms with van der Waals surface area (Å²) in [7, 11) is 1.37. The molecule has 10 nitrogen and oxygen atoms in total. The normalized spacial score (nSPS) is 15.3. The van der Waals surface area contributed by atoms with E-state index in [1.165, 1.54) is 20.8 Å². The molecule has 0 saturated carbocycles. The summed E-state index contributed by atoms with van der Waals surface area (Å²) < 4.78 is 0. The zero-order chi connectivity index (χ0) is 22.8. The number of amides is 5. The van der Waals surface area contributed by atoms with Crippen molar-refractivity contribution in [1.82, 2.24) is 20.9 Å². The Morgan fingerprint density at radius 1 is 1.00 bits per heavy atom. The van der Waals surface area contributed by atoms with Crippen molar-refractivity contribution in [1.29, 1.82) is 0 Å². The molecule has 1 aliphatic heterocycles. The molecule has 0 saturated heterocycles. The molecule has 11 heteroatoms. The second-order valence-corrected chi connectivity index (χ2v) is 7.31. The summed E-state index contributed by atoms with van der Waals surface area (Å²) >= 11 is 0. The highest BCUT2D eigenvalue weighted by molar-refractivity contribution is 6.59. The van der Waals surface area contributed by atoms with Crippen molar-refractivity contribution in [2.24, 2.45) is 0 Å². The van der Waals surface area contributed by atoms with Gasteiger partial charge in [-0.15, -0.1) is 0 Å². The predicted molar refractivity (Wildman–Crippen MR) is 111 cm³/mol. The van der Waals surface area contributed by atoms with Crippen LogP contribution in [0.4, 0.5) is 0 Å². The fourth-order valence-electron chi connectivity index (χ4n) is 2.64. The molecule has 0 bridgehead atoms. The first-order valence-electron chi connectivity index (χ1n) is 9.94. The van der Waals surface area contributed by atoms with E-state index in [9.17, 15) is 28.8 Å². The first-order valence-corrected chi connectivity index (χ1v) is 9.94. The molecule has 1 heterocycles. The highest BCUT2D eigenvalue weighted by Crippen LogP contribution is 2.10. The summed E-state index contributed by atoms with van der Waals surface area (Å²) in [4.78, 5) is 71.1. The number of unbranched alkanes of at least 4 members (excludes halogenated alkanes) is 1. The molecule has 0 aromatic heterocycles. The van der Waals surface area contributed by atoms with Gasteiger partial charge in [-0.1, -0.05) is 0 Å². The van der Waals surface area contributed by atoms with Gasteiger partial charge in [0.05, 0.1) is 6.04 Å². The van der Waals surface area contributed by atoms with Gasteiger partial charge in [-0.3, -0.25) is 28.9 Å². The van der Waals surface area contributed by atoms with Gasteiger partial charge in [0.1, 0.15) is 11.7 Å². The molecule has 0 radical (unpaired) electrons. The van der Waals surface area contributed by atoms with Crippen molar-refractivity contribution in [3.8, 4) is 0 Å². The lowest BCUT2D eigenvalue weighted by Crippen LogP contribution is -2.49. The van der Waals surface area contributed by atoms with Crippen molar-refractivity contribution in [3.05, 3.63) is 11.6 Å². The summed E-state index contributed by atoms with van der Waals surface area (Å²) in [5, 5.41) is 7.70. The summed E-state index contributed by atoms with van der Waals surface area (Å²) in [5.74, 6) is -1.71. The molecule has 2 atom stereocenters. The summed E-state index contributed by atoms with van der Waals surface area (Å²) in [5.41, 5.74) is 0.204. The molecule has 0 unspecified atom stereocenters. The van der Waals surface area contributed by atoms with Crippen LogP contribution in [0.1, 0.15) is 46.5 Å². The van der Waals surface area contributed by atoms with Crippen molar-refractivity contribution in [3.63, 3.8) is 0 Å². The van der Waals surface area contributed by atoms with Crippen LogP contribution in [0.15, 0.2) is 11.6 Å². The van der Waals surface area contributed by atoms with Crippen LogP contribution in [0.3, 0.4) is 0 Å². The number of imide groups is 1. The maximum atomic E-state index is 11.9. The van der Waals surface area contributed by atoms with Gasteiger partial charge < -0.3 is 20.7 Å². The van der Waals surface area contributed by atoms with Crippen LogP contribution < -0.4 is 16.0 Å². The average Bonchev–Trinajstić information content (AvgIpc) is 2.90. The fraction of sp³-hybridized carbons (Fsp3) is 0.579. The Kier molecular flexibility index (Phi) is 9.93. The molecule has 0 aliphatic carbocycles. The van der Waals surface area contributed by atoms with E-state index in [1.807, 2.05) is 0 Å². The first kappa shape index (κ1) is 25.1. The molecule has 0 aromatic rings. The summed E-state index contributed by atoms with van der Waals surface area (Å²) in [6.07, 6.45) is 2.57. The molecule has 0 aromatic carbocycles. The van der Waals surface area contributed by atoms with Gasteiger partial charge in [0, 0.05) is 37.6 Å². The Morgan fingerprint density at radius 3 is 2.13 bits per heavy atom. The SMILES string of the molecule is BC(=O)[C@H](C)NC(=O)[C@H](C)NC(=O)CCCCC(=O)NCCN1C(=O)C=C(C)C1=O. The standard InChI is InChI=1S/C19H29BN4O6/c1-11-10-16(27)24(19(11)30)9-8-21-14(25)6-4-5-7-15(26)22-13(3)18(29)23-12(2)17(20)28/h10,12-13H,4-9,20H2,1-3H3,(H,21,25)(H,22,26)(H,23,29)/t12-,13-/m0/s1. The van der Waals surface area contributed by atoms with Crippen molar-refractivity contribution < 1.29 is 28.8 Å². The van der Waals surface area contributed by atoms with E-state index in [0.29, 0.717) is 18.4 Å². The highest BCUT2D eigenvalue weighted by Gasteiger charge is 2.27. The van der Waals surface area contributed by atoms with E-state index in [-0.39, 0.29) is 55.2 Å². The Balaban J connectivity index is 2.16. The second kappa shape index (κ2) is 11.9. The van der Waals surface area contributed by atoms with Gasteiger partial charge in [0.25, 0.3) is 11.8 Å². The van der Waals surface area contributed by atoms with Gasteiger partial charge in [-0.2, -0.15) is 0 Å². The van der Waals surface area contributed by atoms with Crippen LogP contribution >= 0.6 is 0 Å². The molecule has 164 valence electrons. The van der Waals surface area contributed by atoms with E-state index in [4.69, 9.17) is 0 Å². The molecular formula is C19H29BN4O6. The number of hydrogen-bond donors (Lipinski definition) is 3. The van der Waals surface area contributed by atoms with Crippen LogP contribution in [0, 0.1) is 0 Å². The zero-order valence-electron chi connectivity index (χ0n) is 17.9. The molecule has 0 spiro atoms. The van der Waals surface area contributed by atoms with Crippen molar-refractivity contribution >= 4 is 43.1 Å². The van der Waals surface area contributed by atoms with E-state index in [1.54, 1.807) is 13.8 Å². The first-order chi connectivity index (χ1) is 14.0. The third-order valence-corrected chi connectivity index (χ3v) is 4.64. The van der Waals surface area contributed by atoms with Gasteiger partial charge in [-0.05, 0) is 33.6 Å². The van der Waals surface area contributed by atoms with Crippen LogP contribution in [-0.4, -0.2) is 73.1 Å². The Hall–Kier alpha value is -2.98. The number of carbonyl (C=O) groups is 6. The minimum absolute atomic E-state index is 0.113. The van der Waals surface area contributed by atoms with E-state index >= 15 is 0 Å². The Morgan fingerprint density at radius 2 is 1.60 bits per heavy atom. The molecule has 3 N–H and O–H groups in total. The zero-order valence-corrected chi connectivity index (χ0v) is 17.9. The smallest absolute Gasteiger partial charge is 0.256 e. The third-order valence-electron chi connectivity index (χ3n) is 4.64. The Bertz CT molecular complexity index is 751. The monoisotopic (exact) mass is 420 g/mol. The second-order valence-electron chi connectivity index (χ2n) is 7.31. The number of nitrogens with one attached hydrogen (secondary N) is 3. The lowest BCUT2D eigenvalue weighted by Gasteiger charge is -2.17. The van der Waals surface area contributed by atoms with Crippen LogP contribution in [0.2, 0.25) is 0 Å². The number of hydrogen-bond acceptors (Lipinski definition) is 6. The molecule has 0 fully saturated rings. The number of rotatable bonds is 12. The van der Waals surface area contributed by atoms with Crippen LogP contribution in [-0.2, 0) is 28.8 Å². The van der Waals surface area contributed by atoms with Crippen LogP contribution in [0.25, 0.3) is 0 Å². The van der Waals surface area contributed by atoms with Gasteiger partial charge in [0.15, 0.2) is 7.85 Å². The van der Waals surface area contributed by atoms with E-state index < -0.39 is 18.0 Å². The van der Waals surface area contributed by atoms with Crippen molar-refractivity contribution in [2.45, 2.75) is 58.5 Å². The topological polar surface area (TPSA) is 142 Å². The quantitative estimate of drug-likeness (QED) is 0.192. The fourth-order valence-corrected chi connectivity index (χ4v) is 2.64. The Labute approximate surface area is 176 Å². The third kappa shape index (κ3) is 8.18. The minimum Gasteiger partial charge on any atom is -0.354 e. The van der Waals surface area contributed by atoms with Crippen molar-refractivity contribution in [2.75, 3.05) is 13.1 Å². The van der Waals surface area contributed by atoms with E-state index in [2.05, 4.69) is 16.0 Å². The molecule has 5 amide bonds. The molecule has 1 aliphatic rings. The summed E-state index contributed by atoms with van der Waals surface area (Å²) in [6.45, 7) is 4.94. The highest BCUT2D eigenvalue weighted by atomic mass is 16.2. The largest absolute Gasteiger partial charge is 0.354 e. The number of nitrogens with zero attached hydrogens (tertiary/aromatic N) is 1. The minimum atomic E-state index is -0.767. The van der Waals surface area contributed by atoms with Gasteiger partial charge in [-0.25, -0.2) is 0 Å². The van der Waals surface area contributed by atoms with Gasteiger partial charge in [0.2, 0.25) is 17.7 Å². The van der Waals surface area contributed by atoms with Gasteiger partial charge >= 0.3 is 0 Å². The predicted octanol–water partition coefficient (Wildman–Crippen LogP) is -1.85. The molecule has 1 rings (SSSR count). The maximum absolute atomic E-state index is 11.9. The maximum Gasteiger partial charge on any atom is 0.256 e. The van der Waals surface area contributed by atoms with E-state index in [0.717, 1.165) is 4.90 Å². The number of carbonyl (C=O) groups excluding carboxylic acids is 6. The average molecular weight is 420 g/mol. The lowest BCUT2D eigenvalue weighted by atomic mass is 9.96. The van der Waals surface area contributed by atoms with Crippen LogP contribution in [0.5, 0.6) is 0 Å². The molecule has 30 heavy (non-hydrogen) atoms. The molecular weight excluding hydrogens is 391 g/mol. The summed E-state index contributed by atoms with van der Waals surface area (Å²) in [6, 6.07) is -1.38. The lowest BCUT2D eigenvalue weighted by molar-refractivity contribution is -0.137.